The molecule has 152 valence electrons. The van der Waals surface area contributed by atoms with Crippen LogP contribution in [0.2, 0.25) is 0 Å². The molecule has 1 saturated heterocycles. The Labute approximate surface area is 168 Å². The van der Waals surface area contributed by atoms with Crippen molar-refractivity contribution < 1.29 is 23.5 Å². The molecule has 6 nitrogen and oxygen atoms in total. The van der Waals surface area contributed by atoms with Crippen LogP contribution in [0.5, 0.6) is 0 Å². The summed E-state index contributed by atoms with van der Waals surface area (Å²) in [6.07, 6.45) is 1.17. The maximum absolute atomic E-state index is 12.9. The summed E-state index contributed by atoms with van der Waals surface area (Å²) in [5.41, 5.74) is 1.72. The van der Waals surface area contributed by atoms with E-state index < -0.39 is 5.97 Å². The fourth-order valence-electron chi connectivity index (χ4n) is 3.33. The molecule has 0 radical (unpaired) electrons. The fourth-order valence-corrected chi connectivity index (χ4v) is 3.33. The standard InChI is InChI=1S/C22H23FN2O4/c1-29-22(28)18-6-4-17(5-7-18)21(27)25-12-10-16(11-13-25)20(26)24-14-15-2-8-19(23)9-3-15/h2-9,16H,10-14H2,1H3,(H,24,26). The normalized spacial score (nSPS) is 14.3. The average Bonchev–Trinajstić information content (AvgIpc) is 2.77. The van der Waals surface area contributed by atoms with Gasteiger partial charge < -0.3 is 15.0 Å². The summed E-state index contributed by atoms with van der Waals surface area (Å²) in [5, 5.41) is 2.88. The van der Waals surface area contributed by atoms with Crippen LogP contribution >= 0.6 is 0 Å². The van der Waals surface area contributed by atoms with Gasteiger partial charge in [0.2, 0.25) is 5.91 Å². The van der Waals surface area contributed by atoms with Crippen molar-refractivity contribution in [2.75, 3.05) is 20.2 Å². The molecule has 1 aliphatic heterocycles. The molecule has 7 heteroatoms. The molecule has 1 fully saturated rings. The maximum Gasteiger partial charge on any atom is 0.337 e. The van der Waals surface area contributed by atoms with E-state index >= 15 is 0 Å². The second kappa shape index (κ2) is 9.32. The Bertz CT molecular complexity index is 873. The number of nitrogens with zero attached hydrogens (tertiary/aromatic N) is 1. The Morgan fingerprint density at radius 1 is 1.00 bits per heavy atom. The van der Waals surface area contributed by atoms with Crippen molar-refractivity contribution in [1.82, 2.24) is 10.2 Å². The van der Waals surface area contributed by atoms with E-state index in [-0.39, 0.29) is 23.5 Å². The number of piperidine rings is 1. The summed E-state index contributed by atoms with van der Waals surface area (Å²) in [6, 6.07) is 12.4. The van der Waals surface area contributed by atoms with E-state index in [1.165, 1.54) is 19.2 Å². The highest BCUT2D eigenvalue weighted by Gasteiger charge is 2.27. The lowest BCUT2D eigenvalue weighted by atomic mass is 9.95. The van der Waals surface area contributed by atoms with E-state index in [9.17, 15) is 18.8 Å². The van der Waals surface area contributed by atoms with Crippen LogP contribution in [0.1, 0.15) is 39.1 Å². The summed E-state index contributed by atoms with van der Waals surface area (Å²) in [6.45, 7) is 1.34. The zero-order valence-electron chi connectivity index (χ0n) is 16.2. The summed E-state index contributed by atoms with van der Waals surface area (Å²) in [5.74, 6) is -1.08. The van der Waals surface area contributed by atoms with Gasteiger partial charge in [-0.15, -0.1) is 0 Å². The van der Waals surface area contributed by atoms with Crippen LogP contribution in [0.25, 0.3) is 0 Å². The Hall–Kier alpha value is -3.22. The number of methoxy groups -OCH3 is 1. The van der Waals surface area contributed by atoms with Gasteiger partial charge in [0.1, 0.15) is 5.82 Å². The zero-order valence-corrected chi connectivity index (χ0v) is 16.2. The SMILES string of the molecule is COC(=O)c1ccc(C(=O)N2CCC(C(=O)NCc3ccc(F)cc3)CC2)cc1. The molecular weight excluding hydrogens is 375 g/mol. The molecule has 0 unspecified atom stereocenters. The largest absolute Gasteiger partial charge is 0.465 e. The number of carbonyl (C=O) groups excluding carboxylic acids is 3. The van der Waals surface area contributed by atoms with Crippen LogP contribution < -0.4 is 5.32 Å². The van der Waals surface area contributed by atoms with Crippen molar-refractivity contribution >= 4 is 17.8 Å². The van der Waals surface area contributed by atoms with E-state index in [4.69, 9.17) is 0 Å². The minimum Gasteiger partial charge on any atom is -0.465 e. The topological polar surface area (TPSA) is 75.7 Å². The minimum absolute atomic E-state index is 0.0520. The molecule has 1 heterocycles. The number of likely N-dealkylation sites (tertiary alicyclic amines) is 1. The van der Waals surface area contributed by atoms with Crippen molar-refractivity contribution in [3.63, 3.8) is 0 Å². The molecule has 0 spiro atoms. The second-order valence-corrected chi connectivity index (χ2v) is 6.98. The molecule has 0 aromatic heterocycles. The number of ether oxygens (including phenoxy) is 1. The van der Waals surface area contributed by atoms with Gasteiger partial charge >= 0.3 is 5.97 Å². The lowest BCUT2D eigenvalue weighted by molar-refractivity contribution is -0.126. The van der Waals surface area contributed by atoms with Crippen LogP contribution in [0, 0.1) is 11.7 Å². The summed E-state index contributed by atoms with van der Waals surface area (Å²) >= 11 is 0. The minimum atomic E-state index is -0.448. The van der Waals surface area contributed by atoms with Gasteiger partial charge in [-0.25, -0.2) is 9.18 Å². The number of hydrogen-bond donors (Lipinski definition) is 1. The van der Waals surface area contributed by atoms with Gasteiger partial charge in [-0.05, 0) is 54.8 Å². The first-order valence-electron chi connectivity index (χ1n) is 9.47. The number of halogens is 1. The second-order valence-electron chi connectivity index (χ2n) is 6.98. The predicted molar refractivity (Wildman–Crippen MR) is 105 cm³/mol. The number of esters is 1. The molecular formula is C22H23FN2O4. The lowest BCUT2D eigenvalue weighted by Gasteiger charge is -2.31. The molecule has 2 amide bonds. The summed E-state index contributed by atoms with van der Waals surface area (Å²) < 4.78 is 17.6. The molecule has 29 heavy (non-hydrogen) atoms. The number of benzene rings is 2. The first-order chi connectivity index (χ1) is 14.0. The van der Waals surface area contributed by atoms with Gasteiger partial charge in [0.15, 0.2) is 0 Å². The molecule has 0 aliphatic carbocycles. The monoisotopic (exact) mass is 398 g/mol. The molecule has 1 aliphatic rings. The molecule has 2 aromatic rings. The number of amides is 2. The van der Waals surface area contributed by atoms with Gasteiger partial charge in [0, 0.05) is 31.1 Å². The fraction of sp³-hybridized carbons (Fsp3) is 0.318. The highest BCUT2D eigenvalue weighted by atomic mass is 19.1. The quantitative estimate of drug-likeness (QED) is 0.786. The smallest absolute Gasteiger partial charge is 0.337 e. The van der Waals surface area contributed by atoms with E-state index in [0.29, 0.717) is 43.6 Å². The maximum atomic E-state index is 12.9. The average molecular weight is 398 g/mol. The summed E-state index contributed by atoms with van der Waals surface area (Å²) in [7, 11) is 1.31. The van der Waals surface area contributed by atoms with Gasteiger partial charge in [0.05, 0.1) is 12.7 Å². The van der Waals surface area contributed by atoms with Crippen LogP contribution in [-0.4, -0.2) is 42.9 Å². The Kier molecular flexibility index (Phi) is 6.59. The van der Waals surface area contributed by atoms with E-state index in [0.717, 1.165) is 5.56 Å². The third-order valence-electron chi connectivity index (χ3n) is 5.09. The highest BCUT2D eigenvalue weighted by Crippen LogP contribution is 2.20. The molecule has 0 saturated carbocycles. The van der Waals surface area contributed by atoms with E-state index in [2.05, 4.69) is 10.1 Å². The molecule has 2 aromatic carbocycles. The Morgan fingerprint density at radius 2 is 1.59 bits per heavy atom. The van der Waals surface area contributed by atoms with Crippen LogP contribution in [0.15, 0.2) is 48.5 Å². The van der Waals surface area contributed by atoms with Crippen molar-refractivity contribution in [2.24, 2.45) is 5.92 Å². The van der Waals surface area contributed by atoms with Crippen molar-refractivity contribution in [2.45, 2.75) is 19.4 Å². The summed E-state index contributed by atoms with van der Waals surface area (Å²) in [4.78, 5) is 38.2. The number of rotatable bonds is 5. The number of carbonyl (C=O) groups is 3. The van der Waals surface area contributed by atoms with Gasteiger partial charge in [-0.3, -0.25) is 9.59 Å². The van der Waals surface area contributed by atoms with Crippen molar-refractivity contribution in [3.8, 4) is 0 Å². The van der Waals surface area contributed by atoms with Crippen molar-refractivity contribution in [3.05, 3.63) is 71.0 Å². The lowest BCUT2D eigenvalue weighted by Crippen LogP contribution is -2.42. The van der Waals surface area contributed by atoms with Crippen LogP contribution in [-0.2, 0) is 16.1 Å². The van der Waals surface area contributed by atoms with Crippen molar-refractivity contribution in [1.29, 1.82) is 0 Å². The van der Waals surface area contributed by atoms with Crippen LogP contribution in [0.4, 0.5) is 4.39 Å². The van der Waals surface area contributed by atoms with Gasteiger partial charge in [-0.1, -0.05) is 12.1 Å². The Balaban J connectivity index is 1.49. The third kappa shape index (κ3) is 5.19. The molecule has 1 N–H and O–H groups in total. The molecule has 0 atom stereocenters. The third-order valence-corrected chi connectivity index (χ3v) is 5.09. The Morgan fingerprint density at radius 3 is 2.17 bits per heavy atom. The number of nitrogens with one attached hydrogen (secondary N) is 1. The van der Waals surface area contributed by atoms with E-state index in [1.807, 2.05) is 0 Å². The number of hydrogen-bond acceptors (Lipinski definition) is 4. The molecule has 3 rings (SSSR count). The van der Waals surface area contributed by atoms with E-state index in [1.54, 1.807) is 41.3 Å². The molecule has 0 bridgehead atoms. The van der Waals surface area contributed by atoms with Crippen LogP contribution in [0.3, 0.4) is 0 Å². The zero-order chi connectivity index (χ0) is 20.8. The first kappa shape index (κ1) is 20.5. The van der Waals surface area contributed by atoms with Gasteiger partial charge in [0.25, 0.3) is 5.91 Å². The van der Waals surface area contributed by atoms with Gasteiger partial charge in [-0.2, -0.15) is 0 Å². The predicted octanol–water partition coefficient (Wildman–Crippen LogP) is 2.78. The highest BCUT2D eigenvalue weighted by molar-refractivity contribution is 5.96. The first-order valence-corrected chi connectivity index (χ1v) is 9.47.